The third-order valence-electron chi connectivity index (χ3n) is 2.22. The fourth-order valence-corrected chi connectivity index (χ4v) is 1.39. The Morgan fingerprint density at radius 3 is 2.50 bits per heavy atom. The number of rotatable bonds is 2. The van der Waals surface area contributed by atoms with E-state index in [1.54, 1.807) is 14.2 Å². The number of aliphatic hydroxyl groups excluding tert-OH is 1. The van der Waals surface area contributed by atoms with Crippen molar-refractivity contribution >= 4 is 0 Å². The Kier molecular flexibility index (Phi) is 3.46. The Bertz CT molecular complexity index is 139. The molecule has 4 heteroatoms. The minimum absolute atomic E-state index is 0.182. The van der Waals surface area contributed by atoms with Gasteiger partial charge in [0.05, 0.1) is 12.2 Å². The largest absolute Gasteiger partial charge is 0.388 e. The Morgan fingerprint density at radius 1 is 1.33 bits per heavy atom. The average molecular weight is 176 g/mol. The lowest BCUT2D eigenvalue weighted by Crippen LogP contribution is -2.48. The Labute approximate surface area is 72.4 Å². The minimum atomic E-state index is -0.554. The van der Waals surface area contributed by atoms with Gasteiger partial charge in [0.2, 0.25) is 0 Å². The molecule has 4 atom stereocenters. The second-order valence-electron chi connectivity index (χ2n) is 3.01. The number of hydrogen-bond donors (Lipinski definition) is 1. The van der Waals surface area contributed by atoms with Crippen molar-refractivity contribution < 1.29 is 19.3 Å². The van der Waals surface area contributed by atoms with Crippen LogP contribution in [-0.2, 0) is 14.2 Å². The zero-order valence-electron chi connectivity index (χ0n) is 7.69. The number of hydrogen-bond acceptors (Lipinski definition) is 4. The van der Waals surface area contributed by atoms with Crippen LogP contribution in [0.3, 0.4) is 0 Å². The molecule has 4 nitrogen and oxygen atoms in total. The molecular formula is C8H16O4. The number of methoxy groups -OCH3 is 2. The lowest BCUT2D eigenvalue weighted by atomic mass is 10.0. The van der Waals surface area contributed by atoms with Crippen LogP contribution >= 0.6 is 0 Å². The molecule has 12 heavy (non-hydrogen) atoms. The van der Waals surface area contributed by atoms with Gasteiger partial charge < -0.3 is 19.3 Å². The third kappa shape index (κ3) is 1.95. The van der Waals surface area contributed by atoms with Gasteiger partial charge in [0, 0.05) is 20.6 Å². The second-order valence-corrected chi connectivity index (χ2v) is 3.01. The molecule has 72 valence electrons. The van der Waals surface area contributed by atoms with E-state index in [-0.39, 0.29) is 18.5 Å². The molecule has 0 unspecified atom stereocenters. The lowest BCUT2D eigenvalue weighted by Gasteiger charge is -2.36. The van der Waals surface area contributed by atoms with Gasteiger partial charge in [-0.3, -0.25) is 0 Å². The van der Waals surface area contributed by atoms with Crippen LogP contribution < -0.4 is 0 Å². The summed E-state index contributed by atoms with van der Waals surface area (Å²) in [6.07, 6.45) is -0.638. The Morgan fingerprint density at radius 2 is 2.00 bits per heavy atom. The van der Waals surface area contributed by atoms with Crippen LogP contribution in [0, 0.1) is 0 Å². The predicted molar refractivity (Wildman–Crippen MR) is 42.8 cm³/mol. The molecule has 0 spiro atoms. The smallest absolute Gasteiger partial charge is 0.160 e. The van der Waals surface area contributed by atoms with E-state index in [4.69, 9.17) is 14.2 Å². The molecule has 0 radical (unpaired) electrons. The van der Waals surface area contributed by atoms with Crippen LogP contribution in [0.2, 0.25) is 0 Å². The molecule has 1 fully saturated rings. The molecule has 0 aromatic heterocycles. The molecule has 1 rings (SSSR count). The Hall–Kier alpha value is -0.160. The fourth-order valence-electron chi connectivity index (χ4n) is 1.39. The summed E-state index contributed by atoms with van der Waals surface area (Å²) in [6, 6.07) is 0. The van der Waals surface area contributed by atoms with Gasteiger partial charge in [-0.25, -0.2) is 0 Å². The maximum Gasteiger partial charge on any atom is 0.160 e. The van der Waals surface area contributed by atoms with E-state index in [0.29, 0.717) is 6.42 Å². The van der Waals surface area contributed by atoms with E-state index >= 15 is 0 Å². The second kappa shape index (κ2) is 4.18. The van der Waals surface area contributed by atoms with Gasteiger partial charge in [-0.1, -0.05) is 0 Å². The van der Waals surface area contributed by atoms with E-state index in [0.717, 1.165) is 0 Å². The fraction of sp³-hybridized carbons (Fsp3) is 1.00. The monoisotopic (exact) mass is 176 g/mol. The van der Waals surface area contributed by atoms with Crippen molar-refractivity contribution in [2.45, 2.75) is 37.9 Å². The van der Waals surface area contributed by atoms with E-state index in [1.807, 2.05) is 6.92 Å². The molecule has 1 aliphatic rings. The summed E-state index contributed by atoms with van der Waals surface area (Å²) >= 11 is 0. The highest BCUT2D eigenvalue weighted by Crippen LogP contribution is 2.22. The first kappa shape index (κ1) is 9.92. The van der Waals surface area contributed by atoms with Crippen molar-refractivity contribution in [2.24, 2.45) is 0 Å². The summed E-state index contributed by atoms with van der Waals surface area (Å²) < 4.78 is 15.5. The molecule has 0 amide bonds. The van der Waals surface area contributed by atoms with Gasteiger partial charge in [-0.05, 0) is 6.92 Å². The number of aliphatic hydroxyl groups is 1. The molecule has 0 aromatic rings. The van der Waals surface area contributed by atoms with Crippen molar-refractivity contribution in [3.63, 3.8) is 0 Å². The average Bonchev–Trinajstić information content (AvgIpc) is 2.09. The van der Waals surface area contributed by atoms with Crippen LogP contribution in [0.5, 0.6) is 0 Å². The highest BCUT2D eigenvalue weighted by molar-refractivity contribution is 4.80. The van der Waals surface area contributed by atoms with Crippen LogP contribution in [0.25, 0.3) is 0 Å². The summed E-state index contributed by atoms with van der Waals surface area (Å²) in [5.41, 5.74) is 0. The maximum absolute atomic E-state index is 9.55. The quantitative estimate of drug-likeness (QED) is 0.650. The standard InChI is InChI=1S/C8H16O4/c1-5-8(9)6(10-2)4-7(11-3)12-5/h5-9H,4H2,1-3H3/t5-,6+,7-,8+/m1/s1. The molecule has 0 aromatic carbocycles. The first-order valence-corrected chi connectivity index (χ1v) is 4.08. The molecule has 0 saturated carbocycles. The van der Waals surface area contributed by atoms with Crippen LogP contribution in [-0.4, -0.2) is 43.9 Å². The van der Waals surface area contributed by atoms with Crippen molar-refractivity contribution in [3.8, 4) is 0 Å². The van der Waals surface area contributed by atoms with Crippen LogP contribution in [0.1, 0.15) is 13.3 Å². The highest BCUT2D eigenvalue weighted by Gasteiger charge is 2.35. The summed E-state index contributed by atoms with van der Waals surface area (Å²) in [6.45, 7) is 1.81. The summed E-state index contributed by atoms with van der Waals surface area (Å²) in [5.74, 6) is 0. The van der Waals surface area contributed by atoms with Crippen molar-refractivity contribution in [3.05, 3.63) is 0 Å². The number of ether oxygens (including phenoxy) is 3. The SMILES string of the molecule is CO[C@H]1C[C@H](OC)[C@@H](O)[C@@H](C)O1. The van der Waals surface area contributed by atoms with Crippen LogP contribution in [0.15, 0.2) is 0 Å². The zero-order chi connectivity index (χ0) is 9.14. The molecule has 0 bridgehead atoms. The van der Waals surface area contributed by atoms with Crippen molar-refractivity contribution in [1.82, 2.24) is 0 Å². The molecule has 1 aliphatic heterocycles. The normalized spacial score (nSPS) is 43.0. The van der Waals surface area contributed by atoms with Gasteiger partial charge in [-0.15, -0.1) is 0 Å². The van der Waals surface area contributed by atoms with Gasteiger partial charge in [-0.2, -0.15) is 0 Å². The topological polar surface area (TPSA) is 47.9 Å². The minimum Gasteiger partial charge on any atom is -0.388 e. The molecule has 1 heterocycles. The van der Waals surface area contributed by atoms with Crippen molar-refractivity contribution in [2.75, 3.05) is 14.2 Å². The summed E-state index contributed by atoms with van der Waals surface area (Å²) in [4.78, 5) is 0. The van der Waals surface area contributed by atoms with E-state index in [1.165, 1.54) is 0 Å². The molecular weight excluding hydrogens is 160 g/mol. The first-order valence-electron chi connectivity index (χ1n) is 4.08. The molecule has 0 aliphatic carbocycles. The van der Waals surface area contributed by atoms with E-state index in [9.17, 15) is 5.11 Å². The van der Waals surface area contributed by atoms with E-state index < -0.39 is 6.10 Å². The van der Waals surface area contributed by atoms with Crippen molar-refractivity contribution in [1.29, 1.82) is 0 Å². The third-order valence-corrected chi connectivity index (χ3v) is 2.22. The van der Waals surface area contributed by atoms with Gasteiger partial charge in [0.25, 0.3) is 0 Å². The summed E-state index contributed by atoms with van der Waals surface area (Å²) in [7, 11) is 3.17. The summed E-state index contributed by atoms with van der Waals surface area (Å²) in [5, 5.41) is 9.55. The zero-order valence-corrected chi connectivity index (χ0v) is 7.69. The molecule has 1 saturated heterocycles. The maximum atomic E-state index is 9.55. The lowest BCUT2D eigenvalue weighted by molar-refractivity contribution is -0.241. The first-order chi connectivity index (χ1) is 5.69. The molecule has 1 N–H and O–H groups in total. The van der Waals surface area contributed by atoms with Gasteiger partial charge >= 0.3 is 0 Å². The van der Waals surface area contributed by atoms with Gasteiger partial charge in [0.15, 0.2) is 6.29 Å². The van der Waals surface area contributed by atoms with Gasteiger partial charge in [0.1, 0.15) is 6.10 Å². The van der Waals surface area contributed by atoms with E-state index in [2.05, 4.69) is 0 Å². The predicted octanol–water partition coefficient (Wildman–Crippen LogP) is 0.144. The van der Waals surface area contributed by atoms with Crippen LogP contribution in [0.4, 0.5) is 0 Å². The highest BCUT2D eigenvalue weighted by atomic mass is 16.7. The Balaban J connectivity index is 2.52.